The first kappa shape index (κ1) is 14.0. The molecule has 18 heavy (non-hydrogen) atoms. The SMILES string of the molecule is OCc1ccc(-c2cc(Cl)c(Cl)cc2Cl)c(Cl)c1. The number of rotatable bonds is 2. The van der Waals surface area contributed by atoms with Gasteiger partial charge < -0.3 is 5.11 Å². The van der Waals surface area contributed by atoms with Gasteiger partial charge in [0.25, 0.3) is 0 Å². The van der Waals surface area contributed by atoms with Crippen LogP contribution in [0, 0.1) is 0 Å². The van der Waals surface area contributed by atoms with Crippen LogP contribution in [0.15, 0.2) is 30.3 Å². The Bertz CT molecular complexity index is 596. The maximum Gasteiger partial charge on any atom is 0.0682 e. The molecule has 2 aromatic carbocycles. The van der Waals surface area contributed by atoms with E-state index in [1.807, 2.05) is 0 Å². The molecule has 0 heterocycles. The molecule has 0 aliphatic heterocycles. The third kappa shape index (κ3) is 2.76. The number of aliphatic hydroxyl groups excluding tert-OH is 1. The number of aliphatic hydroxyl groups is 1. The van der Waals surface area contributed by atoms with Gasteiger partial charge in [-0.05, 0) is 23.8 Å². The highest BCUT2D eigenvalue weighted by molar-refractivity contribution is 6.44. The minimum atomic E-state index is -0.0604. The molecule has 0 fully saturated rings. The topological polar surface area (TPSA) is 20.2 Å². The second kappa shape index (κ2) is 5.68. The molecule has 94 valence electrons. The normalized spacial score (nSPS) is 10.7. The van der Waals surface area contributed by atoms with Crippen molar-refractivity contribution in [1.29, 1.82) is 0 Å². The van der Waals surface area contributed by atoms with E-state index in [0.717, 1.165) is 11.1 Å². The van der Waals surface area contributed by atoms with Gasteiger partial charge in [-0.25, -0.2) is 0 Å². The lowest BCUT2D eigenvalue weighted by Crippen LogP contribution is -1.87. The minimum Gasteiger partial charge on any atom is -0.392 e. The van der Waals surface area contributed by atoms with Crippen molar-refractivity contribution in [1.82, 2.24) is 0 Å². The largest absolute Gasteiger partial charge is 0.392 e. The van der Waals surface area contributed by atoms with E-state index < -0.39 is 0 Å². The molecule has 0 atom stereocenters. The summed E-state index contributed by atoms with van der Waals surface area (Å²) in [5, 5.41) is 10.8. The first-order chi connectivity index (χ1) is 8.52. The smallest absolute Gasteiger partial charge is 0.0682 e. The fourth-order valence-corrected chi connectivity index (χ4v) is 2.56. The van der Waals surface area contributed by atoms with Gasteiger partial charge in [0.2, 0.25) is 0 Å². The van der Waals surface area contributed by atoms with Crippen LogP contribution in [-0.2, 0) is 6.61 Å². The lowest BCUT2D eigenvalue weighted by Gasteiger charge is -2.09. The summed E-state index contributed by atoms with van der Waals surface area (Å²) in [5.74, 6) is 0. The van der Waals surface area contributed by atoms with Crippen molar-refractivity contribution >= 4 is 46.4 Å². The minimum absolute atomic E-state index is 0.0604. The fraction of sp³-hybridized carbons (Fsp3) is 0.0769. The van der Waals surface area contributed by atoms with Gasteiger partial charge in [0.15, 0.2) is 0 Å². The summed E-state index contributed by atoms with van der Waals surface area (Å²) in [6.07, 6.45) is 0. The summed E-state index contributed by atoms with van der Waals surface area (Å²) in [7, 11) is 0. The average Bonchev–Trinajstić information content (AvgIpc) is 2.34. The summed E-state index contributed by atoms with van der Waals surface area (Å²) in [6.45, 7) is -0.0604. The average molecular weight is 322 g/mol. The van der Waals surface area contributed by atoms with Crippen LogP contribution in [0.25, 0.3) is 11.1 Å². The Morgan fingerprint density at radius 3 is 1.94 bits per heavy atom. The molecule has 0 saturated carbocycles. The molecule has 2 rings (SSSR count). The summed E-state index contributed by atoms with van der Waals surface area (Å²) < 4.78 is 0. The standard InChI is InChI=1S/C13H8Cl4O/c14-10-3-7(6-18)1-2-8(10)9-4-12(16)13(17)5-11(9)15/h1-5,18H,6H2. The summed E-state index contributed by atoms with van der Waals surface area (Å²) >= 11 is 24.1. The highest BCUT2D eigenvalue weighted by Crippen LogP contribution is 2.38. The van der Waals surface area contributed by atoms with E-state index >= 15 is 0 Å². The predicted molar refractivity (Wildman–Crippen MR) is 77.8 cm³/mol. The molecule has 0 aliphatic rings. The van der Waals surface area contributed by atoms with Crippen molar-refractivity contribution in [2.75, 3.05) is 0 Å². The van der Waals surface area contributed by atoms with E-state index in [0.29, 0.717) is 25.7 Å². The van der Waals surface area contributed by atoms with Gasteiger partial charge in [0.1, 0.15) is 0 Å². The Morgan fingerprint density at radius 2 is 1.33 bits per heavy atom. The van der Waals surface area contributed by atoms with Gasteiger partial charge in [-0.1, -0.05) is 58.5 Å². The molecular formula is C13H8Cl4O. The molecule has 5 heteroatoms. The Morgan fingerprint density at radius 1 is 0.722 bits per heavy atom. The molecule has 1 N–H and O–H groups in total. The molecule has 0 amide bonds. The van der Waals surface area contributed by atoms with Crippen LogP contribution in [0.2, 0.25) is 20.1 Å². The molecule has 0 spiro atoms. The van der Waals surface area contributed by atoms with E-state index in [1.54, 1.807) is 30.3 Å². The van der Waals surface area contributed by atoms with Crippen molar-refractivity contribution in [2.45, 2.75) is 6.61 Å². The molecule has 0 aliphatic carbocycles. The van der Waals surface area contributed by atoms with E-state index in [4.69, 9.17) is 51.5 Å². The zero-order valence-corrected chi connectivity index (χ0v) is 12.1. The van der Waals surface area contributed by atoms with Gasteiger partial charge in [0.05, 0.1) is 21.7 Å². The predicted octanol–water partition coefficient (Wildman–Crippen LogP) is 5.46. The van der Waals surface area contributed by atoms with Gasteiger partial charge in [-0.2, -0.15) is 0 Å². The summed E-state index contributed by atoms with van der Waals surface area (Å²) in [5.41, 5.74) is 2.19. The molecule has 1 nitrogen and oxygen atoms in total. The third-order valence-electron chi connectivity index (χ3n) is 2.52. The van der Waals surface area contributed by atoms with Gasteiger partial charge in [0, 0.05) is 16.1 Å². The molecular weight excluding hydrogens is 314 g/mol. The quantitative estimate of drug-likeness (QED) is 0.728. The molecule has 0 radical (unpaired) electrons. The Kier molecular flexibility index (Phi) is 4.41. The van der Waals surface area contributed by atoms with Crippen LogP contribution in [0.5, 0.6) is 0 Å². The van der Waals surface area contributed by atoms with Crippen LogP contribution in [-0.4, -0.2) is 5.11 Å². The van der Waals surface area contributed by atoms with Crippen LogP contribution < -0.4 is 0 Å². The van der Waals surface area contributed by atoms with Crippen LogP contribution >= 0.6 is 46.4 Å². The molecule has 0 bridgehead atoms. The van der Waals surface area contributed by atoms with E-state index in [1.165, 1.54) is 0 Å². The fourth-order valence-electron chi connectivity index (χ4n) is 1.60. The molecule has 2 aromatic rings. The first-order valence-electron chi connectivity index (χ1n) is 5.07. The molecule has 0 aromatic heterocycles. The van der Waals surface area contributed by atoms with Gasteiger partial charge in [-0.15, -0.1) is 0 Å². The Balaban J connectivity index is 2.58. The Hall–Kier alpha value is -0.440. The Labute approximate surface area is 125 Å². The second-order valence-electron chi connectivity index (χ2n) is 3.72. The highest BCUT2D eigenvalue weighted by Gasteiger charge is 2.11. The van der Waals surface area contributed by atoms with Crippen molar-refractivity contribution in [3.63, 3.8) is 0 Å². The van der Waals surface area contributed by atoms with Gasteiger partial charge in [-0.3, -0.25) is 0 Å². The number of hydrogen-bond acceptors (Lipinski definition) is 1. The number of hydrogen-bond donors (Lipinski definition) is 1. The maximum atomic E-state index is 9.04. The van der Waals surface area contributed by atoms with E-state index in [2.05, 4.69) is 0 Å². The molecule has 0 saturated heterocycles. The van der Waals surface area contributed by atoms with E-state index in [9.17, 15) is 0 Å². The van der Waals surface area contributed by atoms with Crippen LogP contribution in [0.4, 0.5) is 0 Å². The highest BCUT2D eigenvalue weighted by atomic mass is 35.5. The number of benzene rings is 2. The monoisotopic (exact) mass is 320 g/mol. The first-order valence-corrected chi connectivity index (χ1v) is 6.58. The van der Waals surface area contributed by atoms with Crippen molar-refractivity contribution in [3.8, 4) is 11.1 Å². The molecule has 0 unspecified atom stereocenters. The van der Waals surface area contributed by atoms with Crippen molar-refractivity contribution < 1.29 is 5.11 Å². The van der Waals surface area contributed by atoms with Crippen molar-refractivity contribution in [2.24, 2.45) is 0 Å². The third-order valence-corrected chi connectivity index (χ3v) is 3.86. The lowest BCUT2D eigenvalue weighted by molar-refractivity contribution is 0.282. The van der Waals surface area contributed by atoms with E-state index in [-0.39, 0.29) is 6.61 Å². The maximum absolute atomic E-state index is 9.04. The summed E-state index contributed by atoms with van der Waals surface area (Å²) in [6, 6.07) is 8.51. The van der Waals surface area contributed by atoms with Crippen LogP contribution in [0.1, 0.15) is 5.56 Å². The second-order valence-corrected chi connectivity index (χ2v) is 5.35. The zero-order chi connectivity index (χ0) is 13.3. The summed E-state index contributed by atoms with van der Waals surface area (Å²) in [4.78, 5) is 0. The van der Waals surface area contributed by atoms with Crippen molar-refractivity contribution in [3.05, 3.63) is 56.0 Å². The lowest BCUT2D eigenvalue weighted by atomic mass is 10.0. The zero-order valence-electron chi connectivity index (χ0n) is 9.05. The van der Waals surface area contributed by atoms with Gasteiger partial charge >= 0.3 is 0 Å². The number of halogens is 4. The van der Waals surface area contributed by atoms with Crippen LogP contribution in [0.3, 0.4) is 0 Å².